The fourth-order valence-electron chi connectivity index (χ4n) is 2.36. The van der Waals surface area contributed by atoms with Gasteiger partial charge in [-0.15, -0.1) is 0 Å². The van der Waals surface area contributed by atoms with Crippen molar-refractivity contribution in [1.82, 2.24) is 0 Å². The van der Waals surface area contributed by atoms with E-state index in [0.717, 1.165) is 0 Å². The van der Waals surface area contributed by atoms with Gasteiger partial charge in [0.15, 0.2) is 0 Å². The quantitative estimate of drug-likeness (QED) is 0.720. The average Bonchev–Trinajstić information content (AvgIpc) is 2.22. The Labute approximate surface area is 107 Å². The number of aliphatic hydroxyl groups is 1. The molecule has 1 aliphatic rings. The first-order valence-corrected chi connectivity index (χ1v) is 6.18. The van der Waals surface area contributed by atoms with Crippen LogP contribution in [0.4, 0.5) is 14.5 Å². The number of rotatable bonds is 0. The molecular weight excluding hydrogens is 292 g/mol. The number of halogens is 3. The Balaban J connectivity index is 2.65. The lowest BCUT2D eigenvalue weighted by molar-refractivity contribution is 0.0853. The molecule has 2 N–H and O–H groups in total. The number of aliphatic hydroxyl groups excluding tert-OH is 1. The topological polar surface area (TPSA) is 32.3 Å². The zero-order valence-corrected chi connectivity index (χ0v) is 11.4. The molecule has 0 bridgehead atoms. The monoisotopic (exact) mass is 305 g/mol. The van der Waals surface area contributed by atoms with Crippen LogP contribution in [-0.2, 0) is 0 Å². The molecule has 0 fully saturated rings. The minimum Gasteiger partial charge on any atom is -0.390 e. The van der Waals surface area contributed by atoms with E-state index in [1.54, 1.807) is 20.8 Å². The summed E-state index contributed by atoms with van der Waals surface area (Å²) < 4.78 is 27.3. The molecule has 0 spiro atoms. The van der Waals surface area contributed by atoms with E-state index in [1.807, 2.05) is 0 Å². The van der Waals surface area contributed by atoms with Crippen molar-refractivity contribution in [3.63, 3.8) is 0 Å². The van der Waals surface area contributed by atoms with Gasteiger partial charge in [0.1, 0.15) is 11.6 Å². The van der Waals surface area contributed by atoms with Gasteiger partial charge in [-0.1, -0.05) is 6.92 Å². The highest BCUT2D eigenvalue weighted by Crippen LogP contribution is 2.42. The van der Waals surface area contributed by atoms with Crippen molar-refractivity contribution in [3.8, 4) is 0 Å². The molecule has 0 amide bonds. The van der Waals surface area contributed by atoms with E-state index >= 15 is 0 Å². The van der Waals surface area contributed by atoms with E-state index < -0.39 is 29.2 Å². The van der Waals surface area contributed by atoms with Crippen LogP contribution < -0.4 is 5.32 Å². The summed E-state index contributed by atoms with van der Waals surface area (Å²) in [5, 5.41) is 13.1. The summed E-state index contributed by atoms with van der Waals surface area (Å²) in [6.07, 6.45) is -0.734. The summed E-state index contributed by atoms with van der Waals surface area (Å²) >= 11 is 2.87. The highest BCUT2D eigenvalue weighted by molar-refractivity contribution is 9.10. The van der Waals surface area contributed by atoms with Crippen molar-refractivity contribution in [2.75, 3.05) is 5.32 Å². The molecule has 17 heavy (non-hydrogen) atoms. The molecule has 1 aromatic rings. The standard InChI is InChI=1S/C12H14BrF2NO/c1-5-8-7(16-12(2,3)11(5)17)4-6(14)9(13)10(8)15/h4-5,11,16-17H,1-3H3/t5-,11+/m0/s1. The van der Waals surface area contributed by atoms with Gasteiger partial charge in [0.2, 0.25) is 0 Å². The molecule has 0 aromatic heterocycles. The first-order chi connectivity index (χ1) is 7.75. The van der Waals surface area contributed by atoms with Gasteiger partial charge in [-0.2, -0.15) is 0 Å². The Morgan fingerprint density at radius 1 is 1.41 bits per heavy atom. The zero-order valence-electron chi connectivity index (χ0n) is 9.81. The predicted molar refractivity (Wildman–Crippen MR) is 66.2 cm³/mol. The number of fused-ring (bicyclic) bond motifs is 1. The van der Waals surface area contributed by atoms with Crippen LogP contribution in [0, 0.1) is 11.6 Å². The van der Waals surface area contributed by atoms with Crippen molar-refractivity contribution in [1.29, 1.82) is 0 Å². The fraction of sp³-hybridized carbons (Fsp3) is 0.500. The van der Waals surface area contributed by atoms with Crippen molar-refractivity contribution in [2.24, 2.45) is 0 Å². The van der Waals surface area contributed by atoms with Crippen LogP contribution in [-0.4, -0.2) is 16.7 Å². The number of hydrogen-bond donors (Lipinski definition) is 2. The smallest absolute Gasteiger partial charge is 0.145 e. The van der Waals surface area contributed by atoms with E-state index in [0.29, 0.717) is 11.3 Å². The van der Waals surface area contributed by atoms with Gasteiger partial charge in [-0.3, -0.25) is 0 Å². The molecule has 0 saturated heterocycles. The molecular formula is C12H14BrF2NO. The van der Waals surface area contributed by atoms with E-state index in [-0.39, 0.29) is 4.47 Å². The second kappa shape index (κ2) is 3.92. The molecule has 2 atom stereocenters. The van der Waals surface area contributed by atoms with Gasteiger partial charge in [0.25, 0.3) is 0 Å². The molecule has 5 heteroatoms. The van der Waals surface area contributed by atoms with E-state index in [1.165, 1.54) is 6.07 Å². The summed E-state index contributed by atoms with van der Waals surface area (Å²) in [5.41, 5.74) is 0.121. The lowest BCUT2D eigenvalue weighted by atomic mass is 9.79. The number of hydrogen-bond acceptors (Lipinski definition) is 2. The van der Waals surface area contributed by atoms with Crippen LogP contribution in [0.1, 0.15) is 32.3 Å². The zero-order chi connectivity index (χ0) is 13.0. The van der Waals surface area contributed by atoms with Gasteiger partial charge in [-0.05, 0) is 35.8 Å². The van der Waals surface area contributed by atoms with Gasteiger partial charge >= 0.3 is 0 Å². The molecule has 2 rings (SSSR count). The SMILES string of the molecule is C[C@H]1c2c(cc(F)c(Br)c2F)NC(C)(C)[C@@H]1O. The second-order valence-electron chi connectivity index (χ2n) is 5.03. The molecule has 2 nitrogen and oxygen atoms in total. The van der Waals surface area contributed by atoms with Crippen LogP contribution >= 0.6 is 15.9 Å². The van der Waals surface area contributed by atoms with Gasteiger partial charge in [0.05, 0.1) is 16.1 Å². The highest BCUT2D eigenvalue weighted by Gasteiger charge is 2.40. The number of anilines is 1. The minimum absolute atomic E-state index is 0.184. The highest BCUT2D eigenvalue weighted by atomic mass is 79.9. The minimum atomic E-state index is -0.734. The van der Waals surface area contributed by atoms with Crippen LogP contribution in [0.25, 0.3) is 0 Å². The maximum Gasteiger partial charge on any atom is 0.145 e. The first kappa shape index (κ1) is 12.8. The molecule has 1 aromatic carbocycles. The number of nitrogens with one attached hydrogen (secondary N) is 1. The van der Waals surface area contributed by atoms with E-state index in [2.05, 4.69) is 21.2 Å². The average molecular weight is 306 g/mol. The van der Waals surface area contributed by atoms with Gasteiger partial charge in [-0.25, -0.2) is 8.78 Å². The first-order valence-electron chi connectivity index (χ1n) is 5.39. The van der Waals surface area contributed by atoms with Crippen LogP contribution in [0.5, 0.6) is 0 Å². The third-order valence-corrected chi connectivity index (χ3v) is 4.05. The van der Waals surface area contributed by atoms with Gasteiger partial charge < -0.3 is 10.4 Å². The Morgan fingerprint density at radius 2 is 2.00 bits per heavy atom. The molecule has 0 unspecified atom stereocenters. The van der Waals surface area contributed by atoms with Crippen molar-refractivity contribution < 1.29 is 13.9 Å². The largest absolute Gasteiger partial charge is 0.390 e. The maximum atomic E-state index is 14.0. The Hall–Kier alpha value is -0.680. The summed E-state index contributed by atoms with van der Waals surface area (Å²) in [6, 6.07) is 1.26. The Kier molecular flexibility index (Phi) is 2.94. The lowest BCUT2D eigenvalue weighted by Crippen LogP contribution is -2.50. The van der Waals surface area contributed by atoms with E-state index in [4.69, 9.17) is 0 Å². The molecule has 0 saturated carbocycles. The molecule has 94 valence electrons. The summed E-state index contributed by atoms with van der Waals surface area (Å²) in [6.45, 7) is 5.34. The maximum absolute atomic E-state index is 14.0. The van der Waals surface area contributed by atoms with Crippen molar-refractivity contribution in [3.05, 3.63) is 27.7 Å². The van der Waals surface area contributed by atoms with Crippen LogP contribution in [0.15, 0.2) is 10.5 Å². The summed E-state index contributed by atoms with van der Waals surface area (Å²) in [5.74, 6) is -1.68. The van der Waals surface area contributed by atoms with Crippen LogP contribution in [0.2, 0.25) is 0 Å². The summed E-state index contributed by atoms with van der Waals surface area (Å²) in [4.78, 5) is 0. The second-order valence-corrected chi connectivity index (χ2v) is 5.82. The predicted octanol–water partition coefficient (Wildman–Crippen LogP) is 3.40. The number of benzene rings is 1. The Morgan fingerprint density at radius 3 is 2.59 bits per heavy atom. The van der Waals surface area contributed by atoms with Crippen LogP contribution in [0.3, 0.4) is 0 Å². The van der Waals surface area contributed by atoms with E-state index in [9.17, 15) is 13.9 Å². The third-order valence-electron chi connectivity index (χ3n) is 3.33. The fourth-order valence-corrected chi connectivity index (χ4v) is 2.69. The third kappa shape index (κ3) is 1.85. The van der Waals surface area contributed by atoms with Gasteiger partial charge in [0, 0.05) is 17.2 Å². The molecule has 0 aliphatic carbocycles. The lowest BCUT2D eigenvalue weighted by Gasteiger charge is -2.42. The molecule has 1 heterocycles. The van der Waals surface area contributed by atoms with Crippen molar-refractivity contribution in [2.45, 2.75) is 38.3 Å². The molecule has 1 aliphatic heterocycles. The molecule has 0 radical (unpaired) electrons. The van der Waals surface area contributed by atoms with Crippen molar-refractivity contribution >= 4 is 21.6 Å². The summed E-state index contributed by atoms with van der Waals surface area (Å²) in [7, 11) is 0. The Bertz CT molecular complexity index is 476. The normalized spacial score (nSPS) is 26.3.